The molecule has 2 heterocycles. The minimum atomic E-state index is 0.466. The lowest BCUT2D eigenvalue weighted by atomic mass is 10.0. The normalized spacial score (nSPS) is 12.7. The van der Waals surface area contributed by atoms with E-state index in [0.717, 1.165) is 34.5 Å². The predicted octanol–water partition coefficient (Wildman–Crippen LogP) is 3.52. The Kier molecular flexibility index (Phi) is 5.12. The molecule has 1 unspecified atom stereocenters. The van der Waals surface area contributed by atoms with Crippen molar-refractivity contribution in [3.63, 3.8) is 0 Å². The zero-order valence-corrected chi connectivity index (χ0v) is 14.1. The van der Waals surface area contributed by atoms with Crippen LogP contribution in [0.15, 0.2) is 5.38 Å². The van der Waals surface area contributed by atoms with Crippen LogP contribution in [0.25, 0.3) is 0 Å². The van der Waals surface area contributed by atoms with Crippen molar-refractivity contribution in [1.82, 2.24) is 9.97 Å². The summed E-state index contributed by atoms with van der Waals surface area (Å²) in [6.45, 7) is 7.79. The number of hydrogen-bond acceptors (Lipinski definition) is 6. The van der Waals surface area contributed by atoms with E-state index in [1.54, 1.807) is 22.7 Å². The van der Waals surface area contributed by atoms with Gasteiger partial charge in [-0.3, -0.25) is 0 Å². The molecule has 110 valence electrons. The van der Waals surface area contributed by atoms with Gasteiger partial charge in [-0.25, -0.2) is 9.97 Å². The number of rotatable bonds is 6. The summed E-state index contributed by atoms with van der Waals surface area (Å²) in [6.07, 6.45) is 1.09. The van der Waals surface area contributed by atoms with Gasteiger partial charge in [0.1, 0.15) is 0 Å². The molecular formula is C14H22N4S2. The number of anilines is 1. The van der Waals surface area contributed by atoms with Gasteiger partial charge in [0.05, 0.1) is 22.9 Å². The van der Waals surface area contributed by atoms with Crippen LogP contribution < -0.4 is 10.6 Å². The molecular weight excluding hydrogens is 288 g/mol. The Balaban J connectivity index is 2.17. The van der Waals surface area contributed by atoms with E-state index in [-0.39, 0.29) is 0 Å². The first kappa shape index (κ1) is 15.4. The molecule has 0 fully saturated rings. The fourth-order valence-electron chi connectivity index (χ4n) is 2.03. The van der Waals surface area contributed by atoms with E-state index in [1.165, 1.54) is 4.88 Å². The smallest absolute Gasteiger partial charge is 0.185 e. The second kappa shape index (κ2) is 6.65. The first-order valence-corrected chi connectivity index (χ1v) is 8.56. The van der Waals surface area contributed by atoms with Crippen LogP contribution in [0.3, 0.4) is 0 Å². The van der Waals surface area contributed by atoms with Crippen LogP contribution in [-0.2, 0) is 13.1 Å². The third kappa shape index (κ3) is 3.37. The lowest BCUT2D eigenvalue weighted by Crippen LogP contribution is -2.16. The Labute approximate surface area is 128 Å². The minimum absolute atomic E-state index is 0.466. The Bertz CT molecular complexity index is 561. The van der Waals surface area contributed by atoms with Crippen molar-refractivity contribution >= 4 is 27.8 Å². The van der Waals surface area contributed by atoms with Crippen molar-refractivity contribution in [2.45, 2.75) is 46.2 Å². The maximum atomic E-state index is 5.85. The molecule has 1 atom stereocenters. The summed E-state index contributed by atoms with van der Waals surface area (Å²) in [6, 6.07) is 0. The molecule has 0 saturated carbocycles. The molecule has 2 N–H and O–H groups in total. The zero-order valence-electron chi connectivity index (χ0n) is 12.5. The lowest BCUT2D eigenvalue weighted by molar-refractivity contribution is 0.702. The predicted molar refractivity (Wildman–Crippen MR) is 87.7 cm³/mol. The summed E-state index contributed by atoms with van der Waals surface area (Å²) in [5.74, 6) is 0.466. The molecule has 0 aliphatic heterocycles. The van der Waals surface area contributed by atoms with Gasteiger partial charge in [0.2, 0.25) is 0 Å². The van der Waals surface area contributed by atoms with E-state index in [9.17, 15) is 0 Å². The minimum Gasteiger partial charge on any atom is -0.345 e. The van der Waals surface area contributed by atoms with Gasteiger partial charge in [0.15, 0.2) is 5.13 Å². The number of hydrogen-bond donors (Lipinski definition) is 1. The fourth-order valence-corrected chi connectivity index (χ4v) is 3.65. The Morgan fingerprint density at radius 2 is 2.15 bits per heavy atom. The van der Waals surface area contributed by atoms with Crippen molar-refractivity contribution in [3.05, 3.63) is 26.7 Å². The van der Waals surface area contributed by atoms with E-state index in [4.69, 9.17) is 10.7 Å². The van der Waals surface area contributed by atoms with Crippen LogP contribution in [0, 0.1) is 6.92 Å². The summed E-state index contributed by atoms with van der Waals surface area (Å²) in [5, 5.41) is 4.25. The number of aromatic nitrogens is 2. The number of aryl methyl sites for hydroxylation is 1. The summed E-state index contributed by atoms with van der Waals surface area (Å²) in [7, 11) is 2.06. The van der Waals surface area contributed by atoms with Gasteiger partial charge in [-0.05, 0) is 19.3 Å². The molecule has 2 aromatic rings. The molecule has 2 aromatic heterocycles. The van der Waals surface area contributed by atoms with Crippen LogP contribution in [0.4, 0.5) is 5.13 Å². The van der Waals surface area contributed by atoms with Crippen molar-refractivity contribution in [2.75, 3.05) is 11.9 Å². The van der Waals surface area contributed by atoms with E-state index in [1.807, 2.05) is 6.92 Å². The number of nitrogens with zero attached hydrogens (tertiary/aromatic N) is 3. The van der Waals surface area contributed by atoms with Crippen molar-refractivity contribution in [3.8, 4) is 0 Å². The summed E-state index contributed by atoms with van der Waals surface area (Å²) >= 11 is 3.39. The maximum Gasteiger partial charge on any atom is 0.185 e. The summed E-state index contributed by atoms with van der Waals surface area (Å²) < 4.78 is 0. The van der Waals surface area contributed by atoms with Gasteiger partial charge >= 0.3 is 0 Å². The van der Waals surface area contributed by atoms with E-state index in [2.05, 4.69) is 36.2 Å². The molecule has 0 bridgehead atoms. The van der Waals surface area contributed by atoms with E-state index in [0.29, 0.717) is 12.5 Å². The molecule has 20 heavy (non-hydrogen) atoms. The number of nitrogens with two attached hydrogens (primary N) is 1. The van der Waals surface area contributed by atoms with Crippen LogP contribution in [-0.4, -0.2) is 17.0 Å². The average Bonchev–Trinajstić information content (AvgIpc) is 3.04. The Morgan fingerprint density at radius 1 is 1.40 bits per heavy atom. The molecule has 0 aromatic carbocycles. The van der Waals surface area contributed by atoms with Gasteiger partial charge in [0, 0.05) is 23.8 Å². The molecule has 2 rings (SSSR count). The van der Waals surface area contributed by atoms with Gasteiger partial charge in [-0.15, -0.1) is 22.7 Å². The summed E-state index contributed by atoms with van der Waals surface area (Å²) in [5.41, 5.74) is 8.12. The molecule has 0 radical (unpaired) electrons. The van der Waals surface area contributed by atoms with Crippen molar-refractivity contribution in [1.29, 1.82) is 0 Å². The third-order valence-electron chi connectivity index (χ3n) is 3.37. The molecule has 0 saturated heterocycles. The van der Waals surface area contributed by atoms with Gasteiger partial charge in [-0.2, -0.15) is 0 Å². The van der Waals surface area contributed by atoms with Gasteiger partial charge in [-0.1, -0.05) is 13.8 Å². The third-order valence-corrected chi connectivity index (χ3v) is 5.40. The quantitative estimate of drug-likeness (QED) is 0.887. The van der Waals surface area contributed by atoms with E-state index < -0.39 is 0 Å². The van der Waals surface area contributed by atoms with Crippen molar-refractivity contribution in [2.24, 2.45) is 5.73 Å². The van der Waals surface area contributed by atoms with Gasteiger partial charge < -0.3 is 10.6 Å². The molecule has 4 nitrogen and oxygen atoms in total. The summed E-state index contributed by atoms with van der Waals surface area (Å²) in [4.78, 5) is 12.7. The Hall–Kier alpha value is -0.980. The molecule has 0 aliphatic rings. The first-order chi connectivity index (χ1) is 9.55. The monoisotopic (exact) mass is 310 g/mol. The lowest BCUT2D eigenvalue weighted by Gasteiger charge is -2.14. The topological polar surface area (TPSA) is 55.0 Å². The average molecular weight is 310 g/mol. The highest BCUT2D eigenvalue weighted by Crippen LogP contribution is 2.32. The maximum absolute atomic E-state index is 5.85. The number of thiazole rings is 2. The van der Waals surface area contributed by atoms with Crippen LogP contribution in [0.1, 0.15) is 47.5 Å². The van der Waals surface area contributed by atoms with Crippen LogP contribution >= 0.6 is 22.7 Å². The highest BCUT2D eigenvalue weighted by molar-refractivity contribution is 7.15. The second-order valence-corrected chi connectivity index (χ2v) is 7.16. The molecule has 0 spiro atoms. The first-order valence-electron chi connectivity index (χ1n) is 6.86. The standard InChI is InChI=1S/C14H22N4S2/c1-5-9(2)13-12(6-15)20-14(17-13)18(4)7-11-8-19-10(3)16-11/h8-9H,5-7,15H2,1-4H3. The highest BCUT2D eigenvalue weighted by atomic mass is 32.1. The largest absolute Gasteiger partial charge is 0.345 e. The van der Waals surface area contributed by atoms with Gasteiger partial charge in [0.25, 0.3) is 0 Å². The second-order valence-electron chi connectivity index (χ2n) is 5.03. The molecule has 6 heteroatoms. The SMILES string of the molecule is CCC(C)c1nc(N(C)Cc2csc(C)n2)sc1CN. The van der Waals surface area contributed by atoms with Crippen LogP contribution in [0.2, 0.25) is 0 Å². The molecule has 0 amide bonds. The fraction of sp³-hybridized carbons (Fsp3) is 0.571. The zero-order chi connectivity index (χ0) is 14.7. The van der Waals surface area contributed by atoms with Crippen LogP contribution in [0.5, 0.6) is 0 Å². The van der Waals surface area contributed by atoms with Crippen molar-refractivity contribution < 1.29 is 0 Å². The van der Waals surface area contributed by atoms with E-state index >= 15 is 0 Å². The molecule has 0 aliphatic carbocycles. The highest BCUT2D eigenvalue weighted by Gasteiger charge is 2.17. The Morgan fingerprint density at radius 3 is 2.70 bits per heavy atom.